The third-order valence-corrected chi connectivity index (χ3v) is 4.53. The molecule has 0 atom stereocenters. The Labute approximate surface area is 128 Å². The van der Waals surface area contributed by atoms with Crippen molar-refractivity contribution in [3.05, 3.63) is 49.1 Å². The van der Waals surface area contributed by atoms with Crippen molar-refractivity contribution >= 4 is 38.6 Å². The smallest absolute Gasteiger partial charge is 0.311 e. The van der Waals surface area contributed by atoms with Crippen LogP contribution in [0.4, 0.5) is 11.4 Å². The number of hydrogen-bond donors (Lipinski definition) is 1. The van der Waals surface area contributed by atoms with Gasteiger partial charge in [-0.25, -0.2) is 0 Å². The largest absolute Gasteiger partial charge is 0.487 e. The number of nitrogens with one attached hydrogen (secondary N) is 1. The molecule has 1 aromatic carbocycles. The van der Waals surface area contributed by atoms with Crippen molar-refractivity contribution in [3.63, 3.8) is 0 Å². The zero-order valence-electron chi connectivity index (χ0n) is 10.8. The summed E-state index contributed by atoms with van der Waals surface area (Å²) in [6, 6.07) is 6.78. The highest BCUT2D eigenvalue weighted by molar-refractivity contribution is 9.10. The highest BCUT2D eigenvalue weighted by Crippen LogP contribution is 2.31. The number of nitro benzene ring substituents is 1. The van der Waals surface area contributed by atoms with E-state index in [1.54, 1.807) is 30.4 Å². The van der Waals surface area contributed by atoms with Gasteiger partial charge in [-0.05, 0) is 40.4 Å². The fourth-order valence-electron chi connectivity index (χ4n) is 1.68. The number of rotatable bonds is 6. The van der Waals surface area contributed by atoms with E-state index in [1.807, 2.05) is 11.4 Å². The predicted octanol–water partition coefficient (Wildman–Crippen LogP) is 4.43. The Morgan fingerprint density at radius 1 is 1.45 bits per heavy atom. The van der Waals surface area contributed by atoms with Crippen LogP contribution in [0.2, 0.25) is 0 Å². The standard InChI is InChI=1S/C13H13BrN2O3S/c1-2-19-12-7-9(3-4-11(12)16(17)18)15-8-13-10(14)5-6-20-13/h3-7,15H,2,8H2,1H3. The SMILES string of the molecule is CCOc1cc(NCc2sccc2Br)ccc1[N+](=O)[O-]. The van der Waals surface area contributed by atoms with Gasteiger partial charge < -0.3 is 10.1 Å². The summed E-state index contributed by atoms with van der Waals surface area (Å²) in [7, 11) is 0. The number of benzene rings is 1. The average Bonchev–Trinajstić information content (AvgIpc) is 2.82. The maximum atomic E-state index is 10.9. The zero-order chi connectivity index (χ0) is 14.5. The molecule has 1 N–H and O–H groups in total. The Bertz CT molecular complexity index is 615. The van der Waals surface area contributed by atoms with Gasteiger partial charge in [0.15, 0.2) is 5.75 Å². The summed E-state index contributed by atoms with van der Waals surface area (Å²) in [6.45, 7) is 2.84. The Kier molecular flexibility index (Phi) is 4.97. The van der Waals surface area contributed by atoms with Crippen molar-refractivity contribution in [3.8, 4) is 5.75 Å². The Balaban J connectivity index is 2.14. The van der Waals surface area contributed by atoms with Gasteiger partial charge in [0, 0.05) is 27.2 Å². The maximum absolute atomic E-state index is 10.9. The average molecular weight is 357 g/mol. The lowest BCUT2D eigenvalue weighted by atomic mass is 10.2. The highest BCUT2D eigenvalue weighted by Gasteiger charge is 2.15. The Hall–Kier alpha value is -1.60. The monoisotopic (exact) mass is 356 g/mol. The molecule has 0 unspecified atom stereocenters. The first-order valence-electron chi connectivity index (χ1n) is 5.98. The summed E-state index contributed by atoms with van der Waals surface area (Å²) < 4.78 is 6.37. The molecule has 0 radical (unpaired) electrons. The quantitative estimate of drug-likeness (QED) is 0.614. The van der Waals surface area contributed by atoms with Crippen LogP contribution in [0.3, 0.4) is 0 Å². The van der Waals surface area contributed by atoms with Crippen LogP contribution >= 0.6 is 27.3 Å². The van der Waals surface area contributed by atoms with E-state index in [0.717, 1.165) is 10.2 Å². The van der Waals surface area contributed by atoms with E-state index in [0.29, 0.717) is 13.2 Å². The van der Waals surface area contributed by atoms with E-state index in [2.05, 4.69) is 21.2 Å². The summed E-state index contributed by atoms with van der Waals surface area (Å²) in [5.74, 6) is 0.285. The number of nitrogens with zero attached hydrogens (tertiary/aromatic N) is 1. The van der Waals surface area contributed by atoms with Crippen LogP contribution in [-0.2, 0) is 6.54 Å². The second-order valence-corrected chi connectivity index (χ2v) is 5.77. The van der Waals surface area contributed by atoms with Crippen LogP contribution in [-0.4, -0.2) is 11.5 Å². The van der Waals surface area contributed by atoms with Gasteiger partial charge in [-0.1, -0.05) is 0 Å². The lowest BCUT2D eigenvalue weighted by Crippen LogP contribution is -2.01. The van der Waals surface area contributed by atoms with Crippen LogP contribution in [0.25, 0.3) is 0 Å². The Morgan fingerprint density at radius 3 is 2.85 bits per heavy atom. The minimum absolute atomic E-state index is 0.0188. The molecule has 5 nitrogen and oxygen atoms in total. The summed E-state index contributed by atoms with van der Waals surface area (Å²) in [6.07, 6.45) is 0. The van der Waals surface area contributed by atoms with Gasteiger partial charge in [0.25, 0.3) is 0 Å². The molecular weight excluding hydrogens is 344 g/mol. The second kappa shape index (κ2) is 6.71. The highest BCUT2D eigenvalue weighted by atomic mass is 79.9. The minimum Gasteiger partial charge on any atom is -0.487 e. The molecule has 0 aliphatic carbocycles. The van der Waals surface area contributed by atoms with Crippen molar-refractivity contribution in [2.24, 2.45) is 0 Å². The van der Waals surface area contributed by atoms with E-state index in [4.69, 9.17) is 4.74 Å². The van der Waals surface area contributed by atoms with E-state index in [-0.39, 0.29) is 11.4 Å². The van der Waals surface area contributed by atoms with Gasteiger partial charge in [-0.2, -0.15) is 0 Å². The van der Waals surface area contributed by atoms with Crippen LogP contribution in [0.5, 0.6) is 5.75 Å². The van der Waals surface area contributed by atoms with Gasteiger partial charge in [-0.3, -0.25) is 10.1 Å². The molecule has 0 fully saturated rings. The van der Waals surface area contributed by atoms with Crippen molar-refractivity contribution in [1.82, 2.24) is 0 Å². The van der Waals surface area contributed by atoms with Gasteiger partial charge in [0.2, 0.25) is 0 Å². The molecule has 7 heteroatoms. The third-order valence-electron chi connectivity index (χ3n) is 2.60. The first kappa shape index (κ1) is 14.8. The lowest BCUT2D eigenvalue weighted by molar-refractivity contribution is -0.385. The van der Waals surface area contributed by atoms with Gasteiger partial charge in [0.1, 0.15) is 0 Å². The van der Waals surface area contributed by atoms with Crippen LogP contribution in [0.1, 0.15) is 11.8 Å². The maximum Gasteiger partial charge on any atom is 0.311 e. The Morgan fingerprint density at radius 2 is 2.25 bits per heavy atom. The number of hydrogen-bond acceptors (Lipinski definition) is 5. The molecule has 0 aliphatic heterocycles. The molecule has 1 heterocycles. The molecule has 0 bridgehead atoms. The summed E-state index contributed by atoms with van der Waals surface area (Å²) in [5, 5.41) is 16.1. The molecule has 20 heavy (non-hydrogen) atoms. The molecule has 0 saturated heterocycles. The van der Waals surface area contributed by atoms with Crippen molar-refractivity contribution in [2.45, 2.75) is 13.5 Å². The molecule has 2 rings (SSSR count). The fraction of sp³-hybridized carbons (Fsp3) is 0.231. The second-order valence-electron chi connectivity index (χ2n) is 3.92. The van der Waals surface area contributed by atoms with Crippen LogP contribution in [0.15, 0.2) is 34.1 Å². The first-order valence-corrected chi connectivity index (χ1v) is 7.66. The van der Waals surface area contributed by atoms with E-state index < -0.39 is 4.92 Å². The lowest BCUT2D eigenvalue weighted by Gasteiger charge is -2.09. The summed E-state index contributed by atoms with van der Waals surface area (Å²) in [5.41, 5.74) is 0.772. The van der Waals surface area contributed by atoms with Crippen LogP contribution < -0.4 is 10.1 Å². The van der Waals surface area contributed by atoms with Gasteiger partial charge in [0.05, 0.1) is 18.1 Å². The van der Waals surface area contributed by atoms with Crippen molar-refractivity contribution in [1.29, 1.82) is 0 Å². The topological polar surface area (TPSA) is 64.4 Å². The fourth-order valence-corrected chi connectivity index (χ4v) is 3.11. The number of thiophene rings is 1. The molecule has 0 saturated carbocycles. The molecule has 0 amide bonds. The molecule has 0 spiro atoms. The van der Waals surface area contributed by atoms with Crippen LogP contribution in [0, 0.1) is 10.1 Å². The van der Waals surface area contributed by atoms with Gasteiger partial charge in [-0.15, -0.1) is 11.3 Å². The van der Waals surface area contributed by atoms with E-state index in [1.165, 1.54) is 10.9 Å². The first-order chi connectivity index (χ1) is 9.61. The zero-order valence-corrected chi connectivity index (χ0v) is 13.2. The molecule has 106 valence electrons. The minimum atomic E-state index is -0.440. The number of anilines is 1. The number of halogens is 1. The van der Waals surface area contributed by atoms with E-state index in [9.17, 15) is 10.1 Å². The number of nitro groups is 1. The van der Waals surface area contributed by atoms with Crippen molar-refractivity contribution < 1.29 is 9.66 Å². The van der Waals surface area contributed by atoms with E-state index >= 15 is 0 Å². The molecular formula is C13H13BrN2O3S. The predicted molar refractivity (Wildman–Crippen MR) is 83.6 cm³/mol. The molecule has 1 aromatic heterocycles. The van der Waals surface area contributed by atoms with Gasteiger partial charge >= 0.3 is 5.69 Å². The normalized spacial score (nSPS) is 10.3. The summed E-state index contributed by atoms with van der Waals surface area (Å²) >= 11 is 5.11. The third kappa shape index (κ3) is 3.49. The molecule has 2 aromatic rings. The number of ether oxygens (including phenoxy) is 1. The molecule has 0 aliphatic rings. The van der Waals surface area contributed by atoms with Crippen molar-refractivity contribution in [2.75, 3.05) is 11.9 Å². The summed E-state index contributed by atoms with van der Waals surface area (Å²) in [4.78, 5) is 11.6.